The van der Waals surface area contributed by atoms with Gasteiger partial charge in [-0.25, -0.2) is 4.98 Å². The number of hydrogen-bond donors (Lipinski definition) is 0. The Morgan fingerprint density at radius 1 is 1.50 bits per heavy atom. The van der Waals surface area contributed by atoms with E-state index in [1.807, 2.05) is 0 Å². The summed E-state index contributed by atoms with van der Waals surface area (Å²) in [6, 6.07) is 0.564. The normalized spacial score (nSPS) is 16.4. The van der Waals surface area contributed by atoms with Crippen LogP contribution in [0.25, 0.3) is 0 Å². The molecule has 1 heterocycles. The Bertz CT molecular complexity index is 413. The molecule has 0 amide bonds. The van der Waals surface area contributed by atoms with Crippen LogP contribution in [0.4, 0.5) is 5.13 Å². The van der Waals surface area contributed by atoms with Gasteiger partial charge in [0.25, 0.3) is 0 Å². The van der Waals surface area contributed by atoms with Crippen LogP contribution in [0.3, 0.4) is 0 Å². The molecule has 0 saturated heterocycles. The molecule has 0 spiro atoms. The van der Waals surface area contributed by atoms with Crippen LogP contribution in [0.1, 0.15) is 49.2 Å². The molecule has 0 N–H and O–H groups in total. The number of hydrogen-bond acceptors (Lipinski definition) is 4. The summed E-state index contributed by atoms with van der Waals surface area (Å²) >= 11 is 7.39. The van der Waals surface area contributed by atoms with Crippen molar-refractivity contribution in [3.05, 3.63) is 10.0 Å². The molecule has 0 atom stereocenters. The highest BCUT2D eigenvalue weighted by molar-refractivity contribution is 7.17. The van der Waals surface area contributed by atoms with Crippen LogP contribution in [-0.2, 0) is 0 Å². The first kappa shape index (κ1) is 13.8. The molecule has 0 aromatic carbocycles. The largest absolute Gasteiger partial charge is 0.345 e. The van der Waals surface area contributed by atoms with Gasteiger partial charge < -0.3 is 4.90 Å². The van der Waals surface area contributed by atoms with Crippen molar-refractivity contribution in [2.24, 2.45) is 5.92 Å². The van der Waals surface area contributed by atoms with E-state index < -0.39 is 0 Å². The third-order valence-corrected chi connectivity index (χ3v) is 4.70. The Balaban J connectivity index is 2.23. The minimum Gasteiger partial charge on any atom is -0.345 e. The minimum absolute atomic E-state index is 0.344. The SMILES string of the molecule is CC(C)CN(c1nc(Cl)c(C=O)s1)C1CCCC1. The molecule has 1 aromatic heterocycles. The number of nitrogens with zero attached hydrogens (tertiary/aromatic N) is 2. The highest BCUT2D eigenvalue weighted by atomic mass is 35.5. The second-order valence-electron chi connectivity index (χ2n) is 5.25. The zero-order chi connectivity index (χ0) is 13.1. The molecule has 1 fully saturated rings. The minimum atomic E-state index is 0.344. The Hall–Kier alpha value is -0.610. The van der Waals surface area contributed by atoms with Gasteiger partial charge in [-0.15, -0.1) is 0 Å². The Labute approximate surface area is 117 Å². The van der Waals surface area contributed by atoms with E-state index in [9.17, 15) is 4.79 Å². The third-order valence-electron chi connectivity index (χ3n) is 3.28. The Morgan fingerprint density at radius 2 is 2.17 bits per heavy atom. The van der Waals surface area contributed by atoms with Crippen molar-refractivity contribution >= 4 is 34.4 Å². The summed E-state index contributed by atoms with van der Waals surface area (Å²) in [6.07, 6.45) is 5.82. The van der Waals surface area contributed by atoms with Crippen molar-refractivity contribution in [1.29, 1.82) is 0 Å². The fourth-order valence-corrected chi connectivity index (χ4v) is 3.63. The molecular weight excluding hydrogens is 268 g/mol. The van der Waals surface area contributed by atoms with Gasteiger partial charge in [0, 0.05) is 12.6 Å². The van der Waals surface area contributed by atoms with Gasteiger partial charge in [-0.3, -0.25) is 4.79 Å². The van der Waals surface area contributed by atoms with E-state index in [0.29, 0.717) is 22.0 Å². The quantitative estimate of drug-likeness (QED) is 0.767. The van der Waals surface area contributed by atoms with Crippen LogP contribution in [0.5, 0.6) is 0 Å². The zero-order valence-electron chi connectivity index (χ0n) is 10.9. The monoisotopic (exact) mass is 286 g/mol. The summed E-state index contributed by atoms with van der Waals surface area (Å²) in [4.78, 5) is 18.1. The van der Waals surface area contributed by atoms with Crippen LogP contribution < -0.4 is 4.90 Å². The molecule has 1 saturated carbocycles. The summed E-state index contributed by atoms with van der Waals surface area (Å²) in [6.45, 7) is 5.39. The third kappa shape index (κ3) is 3.04. The molecule has 0 aliphatic heterocycles. The van der Waals surface area contributed by atoms with E-state index in [-0.39, 0.29) is 0 Å². The summed E-state index contributed by atoms with van der Waals surface area (Å²) in [7, 11) is 0. The first-order valence-electron chi connectivity index (χ1n) is 6.50. The second-order valence-corrected chi connectivity index (χ2v) is 6.62. The number of thiazole rings is 1. The number of aldehydes is 1. The van der Waals surface area contributed by atoms with Crippen LogP contribution in [0, 0.1) is 5.92 Å². The van der Waals surface area contributed by atoms with Crippen molar-refractivity contribution in [2.75, 3.05) is 11.4 Å². The van der Waals surface area contributed by atoms with Crippen molar-refractivity contribution in [2.45, 2.75) is 45.6 Å². The Kier molecular flexibility index (Phi) is 4.62. The average molecular weight is 287 g/mol. The molecule has 100 valence electrons. The summed E-state index contributed by atoms with van der Waals surface area (Å²) in [5.41, 5.74) is 0. The molecule has 0 radical (unpaired) electrons. The lowest BCUT2D eigenvalue weighted by atomic mass is 10.1. The lowest BCUT2D eigenvalue weighted by molar-refractivity contribution is 0.112. The number of carbonyl (C=O) groups excluding carboxylic acids is 1. The number of rotatable bonds is 5. The highest BCUT2D eigenvalue weighted by Crippen LogP contribution is 2.34. The molecule has 0 bridgehead atoms. The molecule has 1 aliphatic rings. The lowest BCUT2D eigenvalue weighted by Crippen LogP contribution is -2.36. The number of aromatic nitrogens is 1. The van der Waals surface area contributed by atoms with E-state index in [4.69, 9.17) is 11.6 Å². The molecular formula is C13H19ClN2OS. The standard InChI is InChI=1S/C13H19ClN2OS/c1-9(2)7-16(10-5-3-4-6-10)13-15-12(14)11(8-17)18-13/h8-10H,3-7H2,1-2H3. The smallest absolute Gasteiger partial charge is 0.187 e. The van der Waals surface area contributed by atoms with E-state index in [1.165, 1.54) is 37.0 Å². The van der Waals surface area contributed by atoms with Gasteiger partial charge in [0.2, 0.25) is 0 Å². The maximum absolute atomic E-state index is 10.9. The van der Waals surface area contributed by atoms with Crippen LogP contribution in [-0.4, -0.2) is 23.9 Å². The molecule has 2 rings (SSSR count). The highest BCUT2D eigenvalue weighted by Gasteiger charge is 2.26. The molecule has 3 nitrogen and oxygen atoms in total. The average Bonchev–Trinajstić information content (AvgIpc) is 2.94. The van der Waals surface area contributed by atoms with Gasteiger partial charge in [0.1, 0.15) is 4.88 Å². The maximum atomic E-state index is 10.9. The van der Waals surface area contributed by atoms with Gasteiger partial charge in [0.15, 0.2) is 16.6 Å². The summed E-state index contributed by atoms with van der Waals surface area (Å²) in [5.74, 6) is 0.577. The lowest BCUT2D eigenvalue weighted by Gasteiger charge is -2.30. The predicted molar refractivity (Wildman–Crippen MR) is 77.0 cm³/mol. The molecule has 5 heteroatoms. The topological polar surface area (TPSA) is 33.2 Å². The molecule has 1 aliphatic carbocycles. The summed E-state index contributed by atoms with van der Waals surface area (Å²) < 4.78 is 0. The molecule has 0 unspecified atom stereocenters. The zero-order valence-corrected chi connectivity index (χ0v) is 12.4. The number of halogens is 1. The van der Waals surface area contributed by atoms with Gasteiger partial charge in [-0.1, -0.05) is 49.6 Å². The number of carbonyl (C=O) groups is 1. The van der Waals surface area contributed by atoms with Gasteiger partial charge in [0.05, 0.1) is 0 Å². The predicted octanol–water partition coefficient (Wildman–Crippen LogP) is 4.01. The van der Waals surface area contributed by atoms with Crippen LogP contribution >= 0.6 is 22.9 Å². The van der Waals surface area contributed by atoms with Gasteiger partial charge >= 0.3 is 0 Å². The fraction of sp³-hybridized carbons (Fsp3) is 0.692. The van der Waals surface area contributed by atoms with E-state index >= 15 is 0 Å². The van der Waals surface area contributed by atoms with Crippen molar-refractivity contribution in [3.8, 4) is 0 Å². The Morgan fingerprint density at radius 3 is 2.67 bits per heavy atom. The van der Waals surface area contributed by atoms with Crippen molar-refractivity contribution < 1.29 is 4.79 Å². The van der Waals surface area contributed by atoms with Crippen LogP contribution in [0.15, 0.2) is 0 Å². The number of anilines is 1. The van der Waals surface area contributed by atoms with Gasteiger partial charge in [-0.2, -0.15) is 0 Å². The summed E-state index contributed by atoms with van der Waals surface area (Å²) in [5, 5.41) is 1.25. The van der Waals surface area contributed by atoms with E-state index in [1.54, 1.807) is 0 Å². The first-order valence-corrected chi connectivity index (χ1v) is 7.69. The molecule has 18 heavy (non-hydrogen) atoms. The molecule has 1 aromatic rings. The first-order chi connectivity index (χ1) is 8.61. The van der Waals surface area contributed by atoms with E-state index in [2.05, 4.69) is 23.7 Å². The fourth-order valence-electron chi connectivity index (χ4n) is 2.49. The van der Waals surface area contributed by atoms with E-state index in [0.717, 1.165) is 18.0 Å². The van der Waals surface area contributed by atoms with Gasteiger partial charge in [-0.05, 0) is 18.8 Å². The van der Waals surface area contributed by atoms with Crippen LogP contribution in [0.2, 0.25) is 5.15 Å². The van der Waals surface area contributed by atoms with Crippen molar-refractivity contribution in [3.63, 3.8) is 0 Å². The maximum Gasteiger partial charge on any atom is 0.187 e. The second kappa shape index (κ2) is 6.02. The van der Waals surface area contributed by atoms with Crippen molar-refractivity contribution in [1.82, 2.24) is 4.98 Å².